The van der Waals surface area contributed by atoms with Gasteiger partial charge in [-0.1, -0.05) is 25.0 Å². The van der Waals surface area contributed by atoms with E-state index < -0.39 is 15.8 Å². The number of rotatable bonds is 5. The van der Waals surface area contributed by atoms with E-state index in [4.69, 9.17) is 6.42 Å². The van der Waals surface area contributed by atoms with E-state index in [2.05, 4.69) is 5.92 Å². The highest BCUT2D eigenvalue weighted by Gasteiger charge is 2.25. The summed E-state index contributed by atoms with van der Waals surface area (Å²) in [5.41, 5.74) is 0. The van der Waals surface area contributed by atoms with Crippen molar-refractivity contribution in [2.75, 3.05) is 13.1 Å². The first-order valence-corrected chi connectivity index (χ1v) is 6.66. The van der Waals surface area contributed by atoms with Gasteiger partial charge in [0.25, 0.3) is 0 Å². The van der Waals surface area contributed by atoms with Crippen molar-refractivity contribution in [1.29, 1.82) is 0 Å². The van der Waals surface area contributed by atoms with Crippen LogP contribution < -0.4 is 0 Å². The van der Waals surface area contributed by atoms with Crippen molar-refractivity contribution >= 4 is 10.0 Å². The van der Waals surface area contributed by atoms with Gasteiger partial charge in [0.15, 0.2) is 0 Å². The molecule has 0 radical (unpaired) electrons. The van der Waals surface area contributed by atoms with Crippen LogP contribution in [0.25, 0.3) is 0 Å². The van der Waals surface area contributed by atoms with Crippen LogP contribution in [0, 0.1) is 18.2 Å². The van der Waals surface area contributed by atoms with Gasteiger partial charge < -0.3 is 0 Å². The van der Waals surface area contributed by atoms with Crippen LogP contribution >= 0.6 is 0 Å². The highest BCUT2D eigenvalue weighted by molar-refractivity contribution is 7.89. The van der Waals surface area contributed by atoms with E-state index in [1.807, 2.05) is 6.92 Å². The molecule has 0 spiro atoms. The maximum atomic E-state index is 13.5. The van der Waals surface area contributed by atoms with Crippen molar-refractivity contribution in [2.24, 2.45) is 0 Å². The second-order valence-corrected chi connectivity index (χ2v) is 5.38. The summed E-state index contributed by atoms with van der Waals surface area (Å²) in [5.74, 6) is 1.51. The van der Waals surface area contributed by atoms with Gasteiger partial charge in [0.05, 0.1) is 6.54 Å². The Morgan fingerprint density at radius 1 is 1.41 bits per heavy atom. The molecule has 92 valence electrons. The first-order chi connectivity index (χ1) is 8.04. The molecule has 0 aliphatic carbocycles. The summed E-state index contributed by atoms with van der Waals surface area (Å²) in [5, 5.41) is 0. The third-order valence-electron chi connectivity index (χ3n) is 2.20. The van der Waals surface area contributed by atoms with Gasteiger partial charge >= 0.3 is 0 Å². The Kier molecular flexibility index (Phi) is 4.67. The number of hydrogen-bond acceptors (Lipinski definition) is 2. The average molecular weight is 255 g/mol. The molecule has 0 unspecified atom stereocenters. The lowest BCUT2D eigenvalue weighted by atomic mass is 10.3. The van der Waals surface area contributed by atoms with Gasteiger partial charge in [-0.15, -0.1) is 6.42 Å². The predicted octanol–water partition coefficient (Wildman–Crippen LogP) is 1.86. The zero-order chi connectivity index (χ0) is 12.9. The lowest BCUT2D eigenvalue weighted by Gasteiger charge is -2.19. The number of benzene rings is 1. The van der Waals surface area contributed by atoms with Crippen LogP contribution in [0.4, 0.5) is 4.39 Å². The number of nitrogens with zero attached hydrogens (tertiary/aromatic N) is 1. The molecule has 0 aromatic heterocycles. The van der Waals surface area contributed by atoms with Crippen molar-refractivity contribution in [3.63, 3.8) is 0 Å². The molecule has 0 saturated carbocycles. The highest BCUT2D eigenvalue weighted by Crippen LogP contribution is 2.18. The molecule has 3 nitrogen and oxygen atoms in total. The van der Waals surface area contributed by atoms with Crippen LogP contribution in [0.1, 0.15) is 13.3 Å². The van der Waals surface area contributed by atoms with Gasteiger partial charge in [-0.2, -0.15) is 4.31 Å². The van der Waals surface area contributed by atoms with E-state index in [-0.39, 0.29) is 18.0 Å². The van der Waals surface area contributed by atoms with Crippen molar-refractivity contribution in [3.05, 3.63) is 30.1 Å². The molecule has 0 atom stereocenters. The van der Waals surface area contributed by atoms with E-state index in [1.54, 1.807) is 0 Å². The minimum Gasteiger partial charge on any atom is -0.207 e. The maximum absolute atomic E-state index is 13.5. The third kappa shape index (κ3) is 3.05. The van der Waals surface area contributed by atoms with Crippen LogP contribution in [-0.2, 0) is 10.0 Å². The SMILES string of the molecule is C#CCN(CCC)S(=O)(=O)c1ccccc1F. The largest absolute Gasteiger partial charge is 0.246 e. The summed E-state index contributed by atoms with van der Waals surface area (Å²) in [7, 11) is -3.84. The van der Waals surface area contributed by atoms with E-state index in [0.717, 1.165) is 10.4 Å². The Bertz CT molecular complexity index is 520. The first kappa shape index (κ1) is 13.7. The molecule has 5 heteroatoms. The molecule has 0 bridgehead atoms. The van der Waals surface area contributed by atoms with Gasteiger partial charge in [-0.3, -0.25) is 0 Å². The van der Waals surface area contributed by atoms with Crippen molar-refractivity contribution in [1.82, 2.24) is 4.31 Å². The molecule has 0 amide bonds. The second kappa shape index (κ2) is 5.80. The second-order valence-electron chi connectivity index (χ2n) is 3.47. The number of sulfonamides is 1. The molecule has 0 saturated heterocycles. The van der Waals surface area contributed by atoms with Gasteiger partial charge in [-0.25, -0.2) is 12.8 Å². The van der Waals surface area contributed by atoms with Crippen LogP contribution in [0.3, 0.4) is 0 Å². The van der Waals surface area contributed by atoms with Gasteiger partial charge in [0, 0.05) is 6.54 Å². The van der Waals surface area contributed by atoms with Crippen LogP contribution in [0.2, 0.25) is 0 Å². The fraction of sp³-hybridized carbons (Fsp3) is 0.333. The van der Waals surface area contributed by atoms with Gasteiger partial charge in [0.1, 0.15) is 10.7 Å². The molecule has 0 N–H and O–H groups in total. The standard InChI is InChI=1S/C12H14FNO2S/c1-3-9-14(10-4-2)17(15,16)12-8-6-5-7-11(12)13/h1,5-8H,4,9-10H2,2H3. The summed E-state index contributed by atoms with van der Waals surface area (Å²) >= 11 is 0. The molecule has 0 aliphatic rings. The Balaban J connectivity index is 3.18. The zero-order valence-electron chi connectivity index (χ0n) is 9.56. The monoisotopic (exact) mass is 255 g/mol. The summed E-state index contributed by atoms with van der Waals surface area (Å²) in [4.78, 5) is -0.330. The predicted molar refractivity (Wildman–Crippen MR) is 64.3 cm³/mol. The molecule has 1 rings (SSSR count). The maximum Gasteiger partial charge on any atom is 0.246 e. The van der Waals surface area contributed by atoms with Crippen molar-refractivity contribution in [2.45, 2.75) is 18.2 Å². The normalized spacial score (nSPS) is 11.4. The summed E-state index contributed by atoms with van der Waals surface area (Å²) in [6.45, 7) is 2.06. The quantitative estimate of drug-likeness (QED) is 0.753. The first-order valence-electron chi connectivity index (χ1n) is 5.22. The van der Waals surface area contributed by atoms with Crippen LogP contribution in [0.15, 0.2) is 29.2 Å². The summed E-state index contributed by atoms with van der Waals surface area (Å²) < 4.78 is 38.8. The summed E-state index contributed by atoms with van der Waals surface area (Å²) in [6, 6.07) is 5.28. The summed E-state index contributed by atoms with van der Waals surface area (Å²) in [6.07, 6.45) is 5.74. The minimum absolute atomic E-state index is 0.0511. The van der Waals surface area contributed by atoms with Gasteiger partial charge in [-0.05, 0) is 18.6 Å². The zero-order valence-corrected chi connectivity index (χ0v) is 10.4. The fourth-order valence-electron chi connectivity index (χ4n) is 1.43. The van der Waals surface area contributed by atoms with E-state index in [9.17, 15) is 12.8 Å². The Morgan fingerprint density at radius 3 is 2.59 bits per heavy atom. The Labute approximate surface area is 101 Å². The molecule has 17 heavy (non-hydrogen) atoms. The molecule has 0 aliphatic heterocycles. The van der Waals surface area contributed by atoms with Crippen LogP contribution in [-0.4, -0.2) is 25.8 Å². The Hall–Kier alpha value is -1.38. The van der Waals surface area contributed by atoms with E-state index in [0.29, 0.717) is 6.42 Å². The number of hydrogen-bond donors (Lipinski definition) is 0. The highest BCUT2D eigenvalue weighted by atomic mass is 32.2. The molecule has 0 fully saturated rings. The fourth-order valence-corrected chi connectivity index (χ4v) is 2.94. The molecule has 1 aromatic carbocycles. The molecular weight excluding hydrogens is 241 g/mol. The van der Waals surface area contributed by atoms with E-state index in [1.165, 1.54) is 18.2 Å². The van der Waals surface area contributed by atoms with Crippen LogP contribution in [0.5, 0.6) is 0 Å². The van der Waals surface area contributed by atoms with E-state index >= 15 is 0 Å². The topological polar surface area (TPSA) is 37.4 Å². The third-order valence-corrected chi connectivity index (χ3v) is 4.07. The lowest BCUT2D eigenvalue weighted by Crippen LogP contribution is -2.32. The average Bonchev–Trinajstić information content (AvgIpc) is 2.29. The lowest BCUT2D eigenvalue weighted by molar-refractivity contribution is 0.440. The minimum atomic E-state index is -3.84. The smallest absolute Gasteiger partial charge is 0.207 e. The van der Waals surface area contributed by atoms with Gasteiger partial charge in [0.2, 0.25) is 10.0 Å². The Morgan fingerprint density at radius 2 is 2.06 bits per heavy atom. The molecule has 1 aromatic rings. The van der Waals surface area contributed by atoms with Crippen molar-refractivity contribution in [3.8, 4) is 12.3 Å². The molecule has 0 heterocycles. The van der Waals surface area contributed by atoms with Crippen molar-refractivity contribution < 1.29 is 12.8 Å². The molecular formula is C12H14FNO2S. The number of halogens is 1. The number of terminal acetylenes is 1.